The van der Waals surface area contributed by atoms with Gasteiger partial charge in [-0.3, -0.25) is 5.10 Å². The molecule has 0 atom stereocenters. The van der Waals surface area contributed by atoms with Gasteiger partial charge in [-0.1, -0.05) is 12.1 Å². The highest BCUT2D eigenvalue weighted by Gasteiger charge is 2.46. The Balaban J connectivity index is 1.40. The molecule has 1 fully saturated rings. The Bertz CT molecular complexity index is 1170. The first-order valence-corrected chi connectivity index (χ1v) is 9.33. The number of H-pyrrole nitrogens is 2. The molecule has 5 N–H and O–H groups in total. The molecule has 4 aromatic rings. The van der Waals surface area contributed by atoms with E-state index in [-0.39, 0.29) is 24.7 Å². The summed E-state index contributed by atoms with van der Waals surface area (Å²) in [6.07, 6.45) is 3.89. The molecule has 148 valence electrons. The first-order chi connectivity index (χ1) is 14.0. The van der Waals surface area contributed by atoms with Crippen LogP contribution in [0.5, 0.6) is 0 Å². The number of hydrogen-bond acceptors (Lipinski definition) is 5. The van der Waals surface area contributed by atoms with Crippen LogP contribution in [-0.4, -0.2) is 31.1 Å². The quantitative estimate of drug-likeness (QED) is 0.407. The van der Waals surface area contributed by atoms with E-state index in [0.717, 1.165) is 22.0 Å². The van der Waals surface area contributed by atoms with E-state index in [1.807, 2.05) is 24.4 Å². The summed E-state index contributed by atoms with van der Waals surface area (Å²) in [5.41, 5.74) is 9.51. The summed E-state index contributed by atoms with van der Waals surface area (Å²) in [5.74, 6) is -1.58. The van der Waals surface area contributed by atoms with E-state index in [2.05, 4.69) is 36.5 Å². The second kappa shape index (κ2) is 6.54. The number of fused-ring (bicyclic) bond motifs is 1. The molecule has 5 rings (SSSR count). The smallest absolute Gasteiger partial charge is 0.249 e. The fourth-order valence-corrected chi connectivity index (χ4v) is 3.78. The molecule has 0 saturated heterocycles. The van der Waals surface area contributed by atoms with Gasteiger partial charge < -0.3 is 16.0 Å². The highest BCUT2D eigenvalue weighted by molar-refractivity contribution is 5.83. The molecule has 1 saturated carbocycles. The number of nitrogens with zero attached hydrogens (tertiary/aromatic N) is 3. The molecule has 1 aliphatic carbocycles. The number of aromatic amines is 2. The Hall–Kier alpha value is -3.49. The van der Waals surface area contributed by atoms with Crippen LogP contribution >= 0.6 is 0 Å². The fraction of sp³-hybridized carbons (Fsp3) is 0.250. The minimum atomic E-state index is -2.57. The van der Waals surface area contributed by atoms with Crippen molar-refractivity contribution >= 4 is 28.5 Å². The van der Waals surface area contributed by atoms with Gasteiger partial charge in [0.25, 0.3) is 0 Å². The molecule has 29 heavy (non-hydrogen) atoms. The first kappa shape index (κ1) is 17.6. The number of halogens is 2. The lowest BCUT2D eigenvalue weighted by atomic mass is 9.79. The lowest BCUT2D eigenvalue weighted by molar-refractivity contribution is -0.0876. The highest BCUT2D eigenvalue weighted by atomic mass is 19.3. The Kier molecular flexibility index (Phi) is 3.97. The molecule has 7 nitrogen and oxygen atoms in total. The molecule has 0 spiro atoms. The lowest BCUT2D eigenvalue weighted by Gasteiger charge is -2.33. The zero-order valence-corrected chi connectivity index (χ0v) is 15.4. The van der Waals surface area contributed by atoms with Crippen molar-refractivity contribution in [1.82, 2.24) is 25.1 Å². The molecule has 0 amide bonds. The van der Waals surface area contributed by atoms with Crippen molar-refractivity contribution < 1.29 is 8.78 Å². The number of aromatic nitrogens is 5. The number of anilines is 3. The average Bonchev–Trinajstić information content (AvgIpc) is 3.31. The standard InChI is InChI=1S/C20H19F2N7/c21-20(22)8-13(9-20)16-7-17(29-28-16)26-18-12(10-25-19(23)27-18)6-11-2-1-3-15-14(11)4-5-24-15/h1-5,7,10,13,24H,6,8-9H2,(H4,23,25,26,27,28,29). The predicted molar refractivity (Wildman–Crippen MR) is 106 cm³/mol. The van der Waals surface area contributed by atoms with Crippen molar-refractivity contribution in [3.05, 3.63) is 59.5 Å². The molecular weight excluding hydrogens is 376 g/mol. The van der Waals surface area contributed by atoms with Crippen LogP contribution in [0, 0.1) is 0 Å². The second-order valence-corrected chi connectivity index (χ2v) is 7.43. The first-order valence-electron chi connectivity index (χ1n) is 9.33. The van der Waals surface area contributed by atoms with E-state index in [1.165, 1.54) is 0 Å². The van der Waals surface area contributed by atoms with Gasteiger partial charge in [0.15, 0.2) is 5.82 Å². The lowest BCUT2D eigenvalue weighted by Crippen LogP contribution is -2.33. The summed E-state index contributed by atoms with van der Waals surface area (Å²) in [7, 11) is 0. The monoisotopic (exact) mass is 395 g/mol. The van der Waals surface area contributed by atoms with E-state index in [0.29, 0.717) is 23.8 Å². The maximum atomic E-state index is 13.1. The maximum Gasteiger partial charge on any atom is 0.249 e. The third-order valence-corrected chi connectivity index (χ3v) is 5.32. The van der Waals surface area contributed by atoms with E-state index >= 15 is 0 Å². The summed E-state index contributed by atoms with van der Waals surface area (Å²) in [6, 6.07) is 9.85. The summed E-state index contributed by atoms with van der Waals surface area (Å²) in [4.78, 5) is 11.6. The third-order valence-electron chi connectivity index (χ3n) is 5.32. The van der Waals surface area contributed by atoms with Gasteiger partial charge in [-0.2, -0.15) is 10.1 Å². The molecular formula is C20H19F2N7. The van der Waals surface area contributed by atoms with Gasteiger partial charge in [-0.25, -0.2) is 13.8 Å². The average molecular weight is 395 g/mol. The number of nitrogens with two attached hydrogens (primary N) is 1. The van der Waals surface area contributed by atoms with Crippen LogP contribution in [0.1, 0.15) is 35.6 Å². The molecule has 1 aliphatic rings. The van der Waals surface area contributed by atoms with Crippen molar-refractivity contribution in [3.8, 4) is 0 Å². The van der Waals surface area contributed by atoms with Gasteiger partial charge in [0, 0.05) is 65.8 Å². The highest BCUT2D eigenvalue weighted by Crippen LogP contribution is 2.48. The number of alkyl halides is 2. The van der Waals surface area contributed by atoms with E-state index < -0.39 is 5.92 Å². The molecule has 0 bridgehead atoms. The van der Waals surface area contributed by atoms with Gasteiger partial charge in [0.05, 0.1) is 0 Å². The van der Waals surface area contributed by atoms with E-state index in [9.17, 15) is 8.78 Å². The molecule has 0 aliphatic heterocycles. The zero-order chi connectivity index (χ0) is 20.0. The molecule has 0 unspecified atom stereocenters. The van der Waals surface area contributed by atoms with Crippen LogP contribution < -0.4 is 11.1 Å². The Morgan fingerprint density at radius 3 is 2.90 bits per heavy atom. The molecule has 1 aromatic carbocycles. The summed E-state index contributed by atoms with van der Waals surface area (Å²) >= 11 is 0. The van der Waals surface area contributed by atoms with Crippen molar-refractivity contribution in [2.24, 2.45) is 0 Å². The minimum Gasteiger partial charge on any atom is -0.368 e. The third kappa shape index (κ3) is 3.39. The van der Waals surface area contributed by atoms with Gasteiger partial charge >= 0.3 is 0 Å². The van der Waals surface area contributed by atoms with Gasteiger partial charge in [-0.05, 0) is 17.7 Å². The van der Waals surface area contributed by atoms with Crippen molar-refractivity contribution in [1.29, 1.82) is 0 Å². The van der Waals surface area contributed by atoms with Crippen LogP contribution in [0.3, 0.4) is 0 Å². The Morgan fingerprint density at radius 1 is 1.21 bits per heavy atom. The summed E-state index contributed by atoms with van der Waals surface area (Å²) in [5, 5.41) is 11.3. The van der Waals surface area contributed by atoms with Crippen molar-refractivity contribution in [2.75, 3.05) is 11.1 Å². The number of hydrogen-bond donors (Lipinski definition) is 4. The number of rotatable bonds is 5. The normalized spacial score (nSPS) is 16.1. The number of nitrogen functional groups attached to an aromatic ring is 1. The number of nitrogens with one attached hydrogen (secondary N) is 3. The van der Waals surface area contributed by atoms with E-state index in [4.69, 9.17) is 5.73 Å². The fourth-order valence-electron chi connectivity index (χ4n) is 3.78. The largest absolute Gasteiger partial charge is 0.368 e. The molecule has 9 heteroatoms. The molecule has 0 radical (unpaired) electrons. The second-order valence-electron chi connectivity index (χ2n) is 7.43. The Labute approximate surface area is 164 Å². The van der Waals surface area contributed by atoms with Crippen LogP contribution in [0.25, 0.3) is 10.9 Å². The van der Waals surface area contributed by atoms with Gasteiger partial charge in [0.1, 0.15) is 5.82 Å². The van der Waals surface area contributed by atoms with Crippen LogP contribution in [-0.2, 0) is 6.42 Å². The number of benzene rings is 1. The molecule has 3 heterocycles. The van der Waals surface area contributed by atoms with Crippen molar-refractivity contribution in [2.45, 2.75) is 31.1 Å². The van der Waals surface area contributed by atoms with Crippen LogP contribution in [0.15, 0.2) is 42.7 Å². The van der Waals surface area contributed by atoms with E-state index in [1.54, 1.807) is 12.3 Å². The molecule has 3 aromatic heterocycles. The van der Waals surface area contributed by atoms with Crippen LogP contribution in [0.2, 0.25) is 0 Å². The van der Waals surface area contributed by atoms with Crippen LogP contribution in [0.4, 0.5) is 26.4 Å². The summed E-state index contributed by atoms with van der Waals surface area (Å²) < 4.78 is 26.3. The maximum absolute atomic E-state index is 13.1. The van der Waals surface area contributed by atoms with Crippen molar-refractivity contribution in [3.63, 3.8) is 0 Å². The summed E-state index contributed by atoms with van der Waals surface area (Å²) in [6.45, 7) is 0. The predicted octanol–water partition coefficient (Wildman–Crippen LogP) is 4.11. The SMILES string of the molecule is Nc1ncc(Cc2cccc3[nH]ccc23)c(Nc2cc(C3CC(F)(F)C3)[nH]n2)n1. The van der Waals surface area contributed by atoms with Gasteiger partial charge in [-0.15, -0.1) is 0 Å². The topological polar surface area (TPSA) is 108 Å². The Morgan fingerprint density at radius 2 is 2.07 bits per heavy atom. The zero-order valence-electron chi connectivity index (χ0n) is 15.4. The minimum absolute atomic E-state index is 0.144. The van der Waals surface area contributed by atoms with Gasteiger partial charge in [0.2, 0.25) is 11.9 Å².